The predicted molar refractivity (Wildman–Crippen MR) is 183 cm³/mol. The number of nitrogens with zero attached hydrogens (tertiary/aromatic N) is 4. The molecule has 0 atom stereocenters. The summed E-state index contributed by atoms with van der Waals surface area (Å²) in [5, 5.41) is 13.7. The molecule has 6 rings (SSSR count). The number of benzene rings is 3. The molecule has 250 valence electrons. The lowest BCUT2D eigenvalue weighted by Crippen LogP contribution is -2.02. The summed E-state index contributed by atoms with van der Waals surface area (Å²) in [5.74, 6) is 2.59. The van der Waals surface area contributed by atoms with Crippen LogP contribution >= 0.6 is 0 Å². The van der Waals surface area contributed by atoms with Gasteiger partial charge in [-0.05, 0) is 66.6 Å². The first-order valence-electron chi connectivity index (χ1n) is 15.7. The molecule has 0 aliphatic carbocycles. The summed E-state index contributed by atoms with van der Waals surface area (Å²) in [6, 6.07) is 22.5. The summed E-state index contributed by atoms with van der Waals surface area (Å²) < 4.78 is 31.2. The van der Waals surface area contributed by atoms with Crippen molar-refractivity contribution in [2.45, 2.75) is 46.3 Å². The Morgan fingerprint density at radius 1 is 0.939 bits per heavy atom. The van der Waals surface area contributed by atoms with E-state index in [2.05, 4.69) is 9.97 Å². The van der Waals surface area contributed by atoms with E-state index in [-0.39, 0.29) is 25.6 Å². The molecule has 0 spiro atoms. The van der Waals surface area contributed by atoms with Crippen LogP contribution in [0, 0.1) is 6.92 Å². The normalized spacial score (nSPS) is 11.4. The molecule has 0 saturated heterocycles. The van der Waals surface area contributed by atoms with Gasteiger partial charge in [0.25, 0.3) is 0 Å². The number of carboxylic acid groups (broad SMARTS) is 1. The highest BCUT2D eigenvalue weighted by Gasteiger charge is 2.16. The minimum Gasteiger partial charge on any atom is -0.493 e. The average Bonchev–Trinajstić information content (AvgIpc) is 3.85. The van der Waals surface area contributed by atoms with Crippen LogP contribution in [0.25, 0.3) is 29.3 Å². The van der Waals surface area contributed by atoms with Crippen LogP contribution in [0.1, 0.15) is 59.5 Å². The third-order valence-corrected chi connectivity index (χ3v) is 7.61. The number of carbonyl (C=O) groups is 1. The van der Waals surface area contributed by atoms with Crippen molar-refractivity contribution >= 4 is 18.1 Å². The molecule has 0 amide bonds. The minimum atomic E-state index is -0.882. The van der Waals surface area contributed by atoms with E-state index in [4.69, 9.17) is 33.3 Å². The van der Waals surface area contributed by atoms with Crippen molar-refractivity contribution in [1.82, 2.24) is 19.7 Å². The van der Waals surface area contributed by atoms with Gasteiger partial charge in [0, 0.05) is 17.7 Å². The van der Waals surface area contributed by atoms with Crippen LogP contribution in [0.2, 0.25) is 0 Å². The third-order valence-electron chi connectivity index (χ3n) is 7.61. The first kappa shape index (κ1) is 32.8. The summed E-state index contributed by atoms with van der Waals surface area (Å²) in [6.07, 6.45) is 7.29. The van der Waals surface area contributed by atoms with Crippen LogP contribution in [0.15, 0.2) is 94.1 Å². The number of aromatic nitrogens is 4. The molecule has 0 unspecified atom stereocenters. The molecule has 0 fully saturated rings. The second kappa shape index (κ2) is 14.8. The van der Waals surface area contributed by atoms with Gasteiger partial charge in [0.2, 0.25) is 11.8 Å². The maximum absolute atomic E-state index is 11.0. The van der Waals surface area contributed by atoms with Gasteiger partial charge in [-0.15, -0.1) is 5.10 Å². The Labute approximate surface area is 283 Å². The van der Waals surface area contributed by atoms with Crippen molar-refractivity contribution in [3.63, 3.8) is 0 Å². The average molecular weight is 661 g/mol. The number of para-hydroxylation sites is 1. The van der Waals surface area contributed by atoms with E-state index in [1.54, 1.807) is 42.3 Å². The molecule has 3 aromatic heterocycles. The summed E-state index contributed by atoms with van der Waals surface area (Å²) in [7, 11) is 1.58. The van der Waals surface area contributed by atoms with E-state index >= 15 is 0 Å². The minimum absolute atomic E-state index is 0.0439. The zero-order chi connectivity index (χ0) is 34.3. The zero-order valence-electron chi connectivity index (χ0n) is 27.6. The number of ether oxygens (including phenoxy) is 3. The van der Waals surface area contributed by atoms with E-state index in [1.165, 1.54) is 0 Å². The highest BCUT2D eigenvalue weighted by Crippen LogP contribution is 2.31. The summed E-state index contributed by atoms with van der Waals surface area (Å²) in [5.41, 5.74) is 5.34. The number of aliphatic carboxylic acids is 1. The maximum atomic E-state index is 11.0. The van der Waals surface area contributed by atoms with Crippen molar-refractivity contribution in [2.24, 2.45) is 0 Å². The lowest BCUT2D eigenvalue weighted by Gasteiger charge is -2.12. The number of carboxylic acids is 1. The number of oxazole rings is 2. The fourth-order valence-electron chi connectivity index (χ4n) is 4.97. The largest absolute Gasteiger partial charge is 0.493 e. The van der Waals surface area contributed by atoms with E-state index < -0.39 is 5.97 Å². The van der Waals surface area contributed by atoms with Crippen LogP contribution in [0.5, 0.6) is 17.4 Å². The number of aryl methyl sites for hydroxylation is 1. The molecule has 0 saturated carbocycles. The molecule has 49 heavy (non-hydrogen) atoms. The summed E-state index contributed by atoms with van der Waals surface area (Å²) in [4.78, 5) is 20.1. The fourth-order valence-corrected chi connectivity index (χ4v) is 4.97. The number of hydrogen-bond donors (Lipinski definition) is 1. The molecule has 0 bridgehead atoms. The Morgan fingerprint density at radius 2 is 1.71 bits per heavy atom. The molecule has 0 aliphatic rings. The van der Waals surface area contributed by atoms with E-state index in [0.717, 1.165) is 22.4 Å². The Bertz CT molecular complexity index is 2060. The molecule has 0 aliphatic heterocycles. The highest BCUT2D eigenvalue weighted by atomic mass is 16.5. The Hall–Kier alpha value is -6.10. The van der Waals surface area contributed by atoms with Crippen molar-refractivity contribution in [1.29, 1.82) is 0 Å². The Balaban J connectivity index is 1.14. The van der Waals surface area contributed by atoms with Crippen LogP contribution in [-0.4, -0.2) is 37.9 Å². The lowest BCUT2D eigenvalue weighted by molar-refractivity contribution is -0.136. The quantitative estimate of drug-likeness (QED) is 0.123. The Kier molecular flexibility index (Phi) is 9.89. The Morgan fingerprint density at radius 3 is 2.43 bits per heavy atom. The summed E-state index contributed by atoms with van der Waals surface area (Å²) >= 11 is 0. The number of hydrogen-bond acceptors (Lipinski definition) is 9. The fraction of sp³-hybridized carbons (Fsp3) is 0.211. The second-order valence-electron chi connectivity index (χ2n) is 11.6. The van der Waals surface area contributed by atoms with E-state index in [1.807, 2.05) is 87.7 Å². The van der Waals surface area contributed by atoms with Crippen LogP contribution in [0.4, 0.5) is 0 Å². The highest BCUT2D eigenvalue weighted by molar-refractivity contribution is 5.71. The van der Waals surface area contributed by atoms with Crippen molar-refractivity contribution in [3.05, 3.63) is 125 Å². The zero-order valence-corrected chi connectivity index (χ0v) is 27.6. The van der Waals surface area contributed by atoms with Gasteiger partial charge in [-0.1, -0.05) is 50.2 Å². The molecule has 0 radical (unpaired) electrons. The van der Waals surface area contributed by atoms with Gasteiger partial charge >= 0.3 is 5.97 Å². The molecule has 11 heteroatoms. The van der Waals surface area contributed by atoms with Crippen LogP contribution < -0.4 is 14.2 Å². The van der Waals surface area contributed by atoms with Crippen LogP contribution in [-0.2, 0) is 24.4 Å². The third kappa shape index (κ3) is 8.07. The van der Waals surface area contributed by atoms with Gasteiger partial charge in [0.1, 0.15) is 36.6 Å². The van der Waals surface area contributed by atoms with Gasteiger partial charge < -0.3 is 28.2 Å². The van der Waals surface area contributed by atoms with Crippen LogP contribution in [0.3, 0.4) is 0 Å². The SMILES string of the molecule is COc1cc(COc2nn(-c3ccccc3)cc2C=Cc2coc(C(C)C)n2)ccc1OCc1nc(-c2ccc(CC(=O)O)cc2)oc1C. The molecular formula is C38H36N4O7. The molecule has 1 N–H and O–H groups in total. The monoisotopic (exact) mass is 660 g/mol. The molecular weight excluding hydrogens is 624 g/mol. The first-order chi connectivity index (χ1) is 23.7. The summed E-state index contributed by atoms with van der Waals surface area (Å²) in [6.45, 7) is 6.29. The topological polar surface area (TPSA) is 135 Å². The number of methoxy groups -OCH3 is 1. The van der Waals surface area contributed by atoms with Gasteiger partial charge in [0.05, 0.1) is 24.8 Å². The van der Waals surface area contributed by atoms with E-state index in [9.17, 15) is 4.79 Å². The molecule has 6 aromatic rings. The van der Waals surface area contributed by atoms with Crippen molar-refractivity contribution < 1.29 is 32.9 Å². The number of rotatable bonds is 14. The lowest BCUT2D eigenvalue weighted by atomic mass is 10.1. The van der Waals surface area contributed by atoms with Crippen molar-refractivity contribution in [3.8, 4) is 34.5 Å². The smallest absolute Gasteiger partial charge is 0.307 e. The van der Waals surface area contributed by atoms with Crippen molar-refractivity contribution in [2.75, 3.05) is 7.11 Å². The van der Waals surface area contributed by atoms with Gasteiger partial charge in [-0.25, -0.2) is 14.6 Å². The molecule has 3 aromatic carbocycles. The molecule has 3 heterocycles. The van der Waals surface area contributed by atoms with Gasteiger partial charge in [-0.2, -0.15) is 0 Å². The predicted octanol–water partition coefficient (Wildman–Crippen LogP) is 7.91. The van der Waals surface area contributed by atoms with E-state index in [0.29, 0.717) is 51.9 Å². The second-order valence-corrected chi connectivity index (χ2v) is 11.6. The van der Waals surface area contributed by atoms with Gasteiger partial charge in [0.15, 0.2) is 17.4 Å². The standard InChI is InChI=1S/C38H36N4O7/c1-24(2)36-39-30(22-48-36)16-15-29-20-42(31-8-6-5-7-9-31)41-38(29)47-21-27-12-17-33(34(18-27)45-4)46-23-32-25(3)49-37(40-32)28-13-10-26(11-14-28)19-35(43)44/h5-18,20,22,24H,19,21,23H2,1-4H3,(H,43,44). The molecule has 11 nitrogen and oxygen atoms in total. The maximum Gasteiger partial charge on any atom is 0.307 e. The first-order valence-corrected chi connectivity index (χ1v) is 15.7. The van der Waals surface area contributed by atoms with Gasteiger partial charge in [-0.3, -0.25) is 4.79 Å².